The van der Waals surface area contributed by atoms with Crippen LogP contribution in [0.1, 0.15) is 16.1 Å². The van der Waals surface area contributed by atoms with Gasteiger partial charge in [-0.2, -0.15) is 0 Å². The highest BCUT2D eigenvalue weighted by Crippen LogP contribution is 2.20. The van der Waals surface area contributed by atoms with Crippen molar-refractivity contribution in [3.63, 3.8) is 0 Å². The van der Waals surface area contributed by atoms with E-state index >= 15 is 0 Å². The molecule has 0 aliphatic carbocycles. The largest absolute Gasteiger partial charge is 0.378 e. The number of rotatable bonds is 3. The van der Waals surface area contributed by atoms with Gasteiger partial charge in [0.25, 0.3) is 5.91 Å². The molecule has 1 aromatic heterocycles. The second-order valence-corrected chi connectivity index (χ2v) is 5.85. The minimum absolute atomic E-state index is 0.232. The molecule has 0 saturated carbocycles. The van der Waals surface area contributed by atoms with Gasteiger partial charge in [0.15, 0.2) is 0 Å². The maximum atomic E-state index is 12.3. The smallest absolute Gasteiger partial charge is 0.274 e. The second-order valence-electron chi connectivity index (χ2n) is 5.41. The van der Waals surface area contributed by atoms with Crippen LogP contribution in [0.4, 0.5) is 11.4 Å². The van der Waals surface area contributed by atoms with Crippen LogP contribution in [0, 0.1) is 6.92 Å². The number of carbonyl (C=O) groups is 1. The molecule has 1 saturated heterocycles. The Balaban J connectivity index is 1.69. The fraction of sp³-hybridized carbons (Fsp3) is 0.294. The van der Waals surface area contributed by atoms with E-state index in [9.17, 15) is 4.79 Å². The third-order valence-corrected chi connectivity index (χ3v) is 4.03. The predicted molar refractivity (Wildman–Crippen MR) is 91.4 cm³/mol. The van der Waals surface area contributed by atoms with Crippen molar-refractivity contribution in [3.05, 3.63) is 52.8 Å². The fourth-order valence-corrected chi connectivity index (χ4v) is 2.71. The minimum Gasteiger partial charge on any atom is -0.378 e. The van der Waals surface area contributed by atoms with E-state index in [0.29, 0.717) is 10.7 Å². The van der Waals surface area contributed by atoms with E-state index in [-0.39, 0.29) is 5.91 Å². The van der Waals surface area contributed by atoms with Crippen molar-refractivity contribution in [2.75, 3.05) is 36.5 Å². The first kappa shape index (κ1) is 15.8. The molecule has 1 N–H and O–H groups in total. The molecule has 3 rings (SSSR count). The molecular formula is C17H18ClN3O2. The Bertz CT molecular complexity index is 697. The standard InChI is InChI=1S/C17H18ClN3O2/c1-12-10-13(18)2-4-15(12)20-17(22)16-5-3-14(11-19-16)21-6-8-23-9-7-21/h2-5,10-11H,6-9H2,1H3,(H,20,22). The zero-order valence-electron chi connectivity index (χ0n) is 12.9. The van der Waals surface area contributed by atoms with Gasteiger partial charge in [-0.25, -0.2) is 4.98 Å². The number of halogens is 1. The zero-order valence-corrected chi connectivity index (χ0v) is 13.6. The highest BCUT2D eigenvalue weighted by atomic mass is 35.5. The van der Waals surface area contributed by atoms with Crippen LogP contribution in [-0.2, 0) is 4.74 Å². The van der Waals surface area contributed by atoms with Crippen LogP contribution >= 0.6 is 11.6 Å². The summed E-state index contributed by atoms with van der Waals surface area (Å²) >= 11 is 5.92. The highest BCUT2D eigenvalue weighted by molar-refractivity contribution is 6.30. The van der Waals surface area contributed by atoms with Crippen LogP contribution in [0.2, 0.25) is 5.02 Å². The molecule has 1 amide bonds. The van der Waals surface area contributed by atoms with Crippen molar-refractivity contribution in [1.29, 1.82) is 0 Å². The number of aryl methyl sites for hydroxylation is 1. The summed E-state index contributed by atoms with van der Waals surface area (Å²) in [5.74, 6) is -0.232. The summed E-state index contributed by atoms with van der Waals surface area (Å²) in [6, 6.07) is 9.01. The summed E-state index contributed by atoms with van der Waals surface area (Å²) in [5.41, 5.74) is 3.04. The molecule has 1 aliphatic rings. The number of amides is 1. The molecule has 0 unspecified atom stereocenters. The lowest BCUT2D eigenvalue weighted by atomic mass is 10.2. The minimum atomic E-state index is -0.232. The van der Waals surface area contributed by atoms with Gasteiger partial charge in [-0.1, -0.05) is 11.6 Å². The number of hydrogen-bond acceptors (Lipinski definition) is 4. The van der Waals surface area contributed by atoms with Gasteiger partial charge in [-0.05, 0) is 42.8 Å². The number of pyridine rings is 1. The van der Waals surface area contributed by atoms with Gasteiger partial charge < -0.3 is 15.0 Å². The number of carbonyl (C=O) groups excluding carboxylic acids is 1. The molecule has 2 aromatic rings. The van der Waals surface area contributed by atoms with Crippen molar-refractivity contribution in [2.24, 2.45) is 0 Å². The molecular weight excluding hydrogens is 314 g/mol. The Morgan fingerprint density at radius 2 is 2.04 bits per heavy atom. The number of nitrogens with one attached hydrogen (secondary N) is 1. The third-order valence-electron chi connectivity index (χ3n) is 3.79. The maximum absolute atomic E-state index is 12.3. The van der Waals surface area contributed by atoms with Gasteiger partial charge in [-0.3, -0.25) is 4.79 Å². The van der Waals surface area contributed by atoms with Gasteiger partial charge in [-0.15, -0.1) is 0 Å². The average molecular weight is 332 g/mol. The highest BCUT2D eigenvalue weighted by Gasteiger charge is 2.13. The SMILES string of the molecule is Cc1cc(Cl)ccc1NC(=O)c1ccc(N2CCOCC2)cn1. The Labute approximate surface area is 140 Å². The van der Waals surface area contributed by atoms with E-state index in [4.69, 9.17) is 16.3 Å². The second kappa shape index (κ2) is 6.98. The molecule has 0 radical (unpaired) electrons. The number of ether oxygens (including phenoxy) is 1. The first-order valence-corrected chi connectivity index (χ1v) is 7.87. The molecule has 120 valence electrons. The average Bonchev–Trinajstić information content (AvgIpc) is 2.58. The van der Waals surface area contributed by atoms with Gasteiger partial charge in [0.1, 0.15) is 5.69 Å². The Kier molecular flexibility index (Phi) is 4.79. The van der Waals surface area contributed by atoms with Crippen molar-refractivity contribution >= 4 is 28.9 Å². The van der Waals surface area contributed by atoms with Crippen LogP contribution in [0.5, 0.6) is 0 Å². The number of benzene rings is 1. The summed E-state index contributed by atoms with van der Waals surface area (Å²) in [6.45, 7) is 5.03. The molecule has 1 fully saturated rings. The van der Waals surface area contributed by atoms with Gasteiger partial charge >= 0.3 is 0 Å². The number of anilines is 2. The lowest BCUT2D eigenvalue weighted by Crippen LogP contribution is -2.36. The van der Waals surface area contributed by atoms with Crippen molar-refractivity contribution in [1.82, 2.24) is 4.98 Å². The van der Waals surface area contributed by atoms with E-state index < -0.39 is 0 Å². The summed E-state index contributed by atoms with van der Waals surface area (Å²) < 4.78 is 5.33. The maximum Gasteiger partial charge on any atom is 0.274 e. The molecule has 6 heteroatoms. The van der Waals surface area contributed by atoms with Crippen molar-refractivity contribution < 1.29 is 9.53 Å². The zero-order chi connectivity index (χ0) is 16.2. The molecule has 0 atom stereocenters. The summed E-state index contributed by atoms with van der Waals surface area (Å²) in [7, 11) is 0. The monoisotopic (exact) mass is 331 g/mol. The lowest BCUT2D eigenvalue weighted by Gasteiger charge is -2.28. The first-order chi connectivity index (χ1) is 11.1. The number of hydrogen-bond donors (Lipinski definition) is 1. The van der Waals surface area contributed by atoms with E-state index in [1.165, 1.54) is 0 Å². The third kappa shape index (κ3) is 3.81. The van der Waals surface area contributed by atoms with E-state index in [1.807, 2.05) is 19.1 Å². The van der Waals surface area contributed by atoms with E-state index in [2.05, 4.69) is 15.2 Å². The predicted octanol–water partition coefficient (Wildman–Crippen LogP) is 3.13. The van der Waals surface area contributed by atoms with E-state index in [0.717, 1.165) is 43.2 Å². The van der Waals surface area contributed by atoms with Crippen LogP contribution < -0.4 is 10.2 Å². The van der Waals surface area contributed by atoms with Crippen molar-refractivity contribution in [2.45, 2.75) is 6.92 Å². The number of nitrogens with zero attached hydrogens (tertiary/aromatic N) is 2. The van der Waals surface area contributed by atoms with Crippen LogP contribution in [-0.4, -0.2) is 37.2 Å². The molecule has 2 heterocycles. The van der Waals surface area contributed by atoms with Crippen LogP contribution in [0.15, 0.2) is 36.5 Å². The number of morpholine rings is 1. The molecule has 1 aliphatic heterocycles. The molecule has 23 heavy (non-hydrogen) atoms. The summed E-state index contributed by atoms with van der Waals surface area (Å²) in [4.78, 5) is 18.8. The van der Waals surface area contributed by atoms with Crippen LogP contribution in [0.3, 0.4) is 0 Å². The molecule has 5 nitrogen and oxygen atoms in total. The molecule has 0 spiro atoms. The van der Waals surface area contributed by atoms with Gasteiger partial charge in [0.2, 0.25) is 0 Å². The van der Waals surface area contributed by atoms with Gasteiger partial charge in [0, 0.05) is 23.8 Å². The number of aromatic nitrogens is 1. The molecule has 0 bridgehead atoms. The van der Waals surface area contributed by atoms with Gasteiger partial charge in [0.05, 0.1) is 25.1 Å². The topological polar surface area (TPSA) is 54.5 Å². The summed E-state index contributed by atoms with van der Waals surface area (Å²) in [5, 5.41) is 3.51. The Hall–Kier alpha value is -2.11. The fourth-order valence-electron chi connectivity index (χ4n) is 2.48. The first-order valence-electron chi connectivity index (χ1n) is 7.50. The Morgan fingerprint density at radius 1 is 1.26 bits per heavy atom. The Morgan fingerprint density at radius 3 is 2.70 bits per heavy atom. The normalized spacial score (nSPS) is 14.6. The van der Waals surface area contributed by atoms with Crippen molar-refractivity contribution in [3.8, 4) is 0 Å². The van der Waals surface area contributed by atoms with E-state index in [1.54, 1.807) is 24.4 Å². The van der Waals surface area contributed by atoms with Crippen LogP contribution in [0.25, 0.3) is 0 Å². The quantitative estimate of drug-likeness (QED) is 0.938. The molecule has 1 aromatic carbocycles. The summed E-state index contributed by atoms with van der Waals surface area (Å²) in [6.07, 6.45) is 1.73. The lowest BCUT2D eigenvalue weighted by molar-refractivity contribution is 0.102.